The number of carbonyl (C=O) groups excluding carboxylic acids is 1. The first-order valence-corrected chi connectivity index (χ1v) is 10.2. The van der Waals surface area contributed by atoms with Crippen molar-refractivity contribution < 1.29 is 22.7 Å². The molecular weight excluding hydrogens is 435 g/mol. The van der Waals surface area contributed by atoms with E-state index in [0.717, 1.165) is 36.1 Å². The zero-order valence-electron chi connectivity index (χ0n) is 17.7. The summed E-state index contributed by atoms with van der Waals surface area (Å²) in [6.07, 6.45) is 1.60. The average molecular weight is 455 g/mol. The van der Waals surface area contributed by atoms with Crippen LogP contribution >= 0.6 is 0 Å². The van der Waals surface area contributed by atoms with Crippen molar-refractivity contribution in [3.05, 3.63) is 71.1 Å². The molecule has 2 N–H and O–H groups in total. The van der Waals surface area contributed by atoms with Gasteiger partial charge in [0.25, 0.3) is 5.91 Å². The van der Waals surface area contributed by atoms with Gasteiger partial charge in [-0.3, -0.25) is 9.36 Å². The lowest BCUT2D eigenvalue weighted by atomic mass is 10.1. The number of imidazole rings is 1. The van der Waals surface area contributed by atoms with Crippen molar-refractivity contribution in [1.82, 2.24) is 20.2 Å². The summed E-state index contributed by atoms with van der Waals surface area (Å²) in [5, 5.41) is 5.91. The van der Waals surface area contributed by atoms with Crippen LogP contribution < -0.4 is 15.4 Å². The summed E-state index contributed by atoms with van der Waals surface area (Å²) in [6, 6.07) is 7.20. The number of piperidine rings is 1. The van der Waals surface area contributed by atoms with Crippen molar-refractivity contribution in [3.63, 3.8) is 0 Å². The van der Waals surface area contributed by atoms with Crippen LogP contribution in [0, 0.1) is 24.2 Å². The Hall–Kier alpha value is -3.84. The number of hydrogen-bond donors (Lipinski definition) is 2. The van der Waals surface area contributed by atoms with Crippen molar-refractivity contribution in [2.75, 3.05) is 20.2 Å². The van der Waals surface area contributed by atoms with Gasteiger partial charge < -0.3 is 15.4 Å². The van der Waals surface area contributed by atoms with E-state index in [0.29, 0.717) is 6.54 Å². The van der Waals surface area contributed by atoms with E-state index >= 15 is 4.39 Å². The maximum absolute atomic E-state index is 15.6. The number of hydrogen-bond acceptors (Lipinski definition) is 4. The quantitative estimate of drug-likeness (QED) is 0.571. The molecule has 1 atom stereocenters. The van der Waals surface area contributed by atoms with Gasteiger partial charge in [-0.15, -0.1) is 0 Å². The summed E-state index contributed by atoms with van der Waals surface area (Å²) in [7, 11) is 1.30. The number of methoxy groups -OCH3 is 1. The van der Waals surface area contributed by atoms with Gasteiger partial charge in [0, 0.05) is 24.2 Å². The molecule has 3 aromatic rings. The van der Waals surface area contributed by atoms with E-state index in [1.54, 1.807) is 0 Å². The third-order valence-corrected chi connectivity index (χ3v) is 5.39. The number of nitrogens with zero attached hydrogens (tertiary/aromatic N) is 3. The molecular formula is C23H20F3N5O2. The van der Waals surface area contributed by atoms with Gasteiger partial charge >= 0.3 is 0 Å². The number of carbonyl (C=O) groups is 1. The minimum atomic E-state index is -1.02. The molecule has 0 spiro atoms. The topological polar surface area (TPSA) is 72.5 Å². The molecule has 0 unspecified atom stereocenters. The molecule has 2 heterocycles. The first-order valence-electron chi connectivity index (χ1n) is 10.2. The predicted molar refractivity (Wildman–Crippen MR) is 115 cm³/mol. The zero-order chi connectivity index (χ0) is 23.5. The van der Waals surface area contributed by atoms with Crippen LogP contribution in [0.1, 0.15) is 23.3 Å². The second kappa shape index (κ2) is 9.34. The fourth-order valence-electron chi connectivity index (χ4n) is 3.73. The molecule has 10 heteroatoms. The molecule has 0 aliphatic carbocycles. The van der Waals surface area contributed by atoms with Crippen LogP contribution in [0.25, 0.3) is 21.9 Å². The normalized spacial score (nSPS) is 15.7. The van der Waals surface area contributed by atoms with Gasteiger partial charge in [0.05, 0.1) is 19.4 Å². The lowest BCUT2D eigenvalue weighted by molar-refractivity contribution is 0.0921. The van der Waals surface area contributed by atoms with Crippen LogP contribution in [0.5, 0.6) is 5.75 Å². The number of aromatic nitrogens is 2. The van der Waals surface area contributed by atoms with Gasteiger partial charge in [-0.25, -0.2) is 18.6 Å². The Morgan fingerprint density at radius 1 is 1.24 bits per heavy atom. The Kier molecular flexibility index (Phi) is 6.33. The monoisotopic (exact) mass is 455 g/mol. The van der Waals surface area contributed by atoms with Crippen molar-refractivity contribution in [2.45, 2.75) is 18.9 Å². The molecule has 33 heavy (non-hydrogen) atoms. The van der Waals surface area contributed by atoms with Crippen molar-refractivity contribution in [1.29, 1.82) is 0 Å². The number of amides is 1. The SMILES string of the molecule is [C-]#[N+]c1ccc(-c2nc(C(=O)N[C@@H]3CCCNC3)c(F)n2-c2ccc(OC)c(F)c2)cc1F. The Balaban J connectivity index is 1.82. The molecule has 4 rings (SSSR count). The highest BCUT2D eigenvalue weighted by atomic mass is 19.1. The van der Waals surface area contributed by atoms with Crippen LogP contribution in [-0.4, -0.2) is 41.7 Å². The molecule has 1 aromatic heterocycles. The molecule has 1 saturated heterocycles. The highest BCUT2D eigenvalue weighted by Gasteiger charge is 2.27. The summed E-state index contributed by atoms with van der Waals surface area (Å²) in [5.41, 5.74) is -0.563. The molecule has 0 radical (unpaired) electrons. The summed E-state index contributed by atoms with van der Waals surface area (Å²) in [4.78, 5) is 20.1. The molecule has 0 saturated carbocycles. The van der Waals surface area contributed by atoms with Gasteiger partial charge in [0.15, 0.2) is 17.3 Å². The summed E-state index contributed by atoms with van der Waals surface area (Å²) in [6.45, 7) is 8.40. The van der Waals surface area contributed by atoms with Gasteiger partial charge in [-0.1, -0.05) is 12.1 Å². The second-order valence-electron chi connectivity index (χ2n) is 7.52. The molecule has 1 amide bonds. The third-order valence-electron chi connectivity index (χ3n) is 5.39. The highest BCUT2D eigenvalue weighted by molar-refractivity contribution is 5.93. The first-order chi connectivity index (χ1) is 15.9. The molecule has 2 aromatic carbocycles. The van der Waals surface area contributed by atoms with E-state index in [2.05, 4.69) is 20.5 Å². The van der Waals surface area contributed by atoms with E-state index in [4.69, 9.17) is 11.3 Å². The number of nitrogens with one attached hydrogen (secondary N) is 2. The Morgan fingerprint density at radius 3 is 2.70 bits per heavy atom. The van der Waals surface area contributed by atoms with Crippen LogP contribution in [-0.2, 0) is 0 Å². The third kappa shape index (κ3) is 4.40. The van der Waals surface area contributed by atoms with E-state index in [9.17, 15) is 13.6 Å². The molecule has 170 valence electrons. The maximum Gasteiger partial charge on any atom is 0.274 e. The number of benzene rings is 2. The first kappa shape index (κ1) is 22.4. The van der Waals surface area contributed by atoms with E-state index in [-0.39, 0.29) is 34.6 Å². The van der Waals surface area contributed by atoms with Gasteiger partial charge in [0.1, 0.15) is 11.6 Å². The standard InChI is InChI=1S/C23H20F3N5O2/c1-27-18-7-5-13(10-16(18)24)22-30-20(23(32)29-14-4-3-9-28-12-14)21(26)31(22)15-6-8-19(33-2)17(25)11-15/h5-8,10-11,14,28H,3-4,9,12H2,2H3,(H,29,32)/t14-/m1/s1. The predicted octanol–water partition coefficient (Wildman–Crippen LogP) is 4.00. The summed E-state index contributed by atoms with van der Waals surface area (Å²) in [5.74, 6) is -3.48. The average Bonchev–Trinajstić information content (AvgIpc) is 3.16. The molecule has 7 nitrogen and oxygen atoms in total. The van der Waals surface area contributed by atoms with Crippen LogP contribution in [0.3, 0.4) is 0 Å². The van der Waals surface area contributed by atoms with Crippen LogP contribution in [0.15, 0.2) is 36.4 Å². The maximum atomic E-state index is 15.6. The summed E-state index contributed by atoms with van der Waals surface area (Å²) < 4.78 is 50.1. The zero-order valence-corrected chi connectivity index (χ0v) is 17.7. The van der Waals surface area contributed by atoms with Crippen LogP contribution in [0.4, 0.5) is 18.9 Å². The Labute approximate surface area is 188 Å². The van der Waals surface area contributed by atoms with E-state index < -0.39 is 29.2 Å². The van der Waals surface area contributed by atoms with E-state index in [1.807, 2.05) is 0 Å². The summed E-state index contributed by atoms with van der Waals surface area (Å²) >= 11 is 0. The van der Waals surface area contributed by atoms with Gasteiger partial charge in [-0.2, -0.15) is 4.39 Å². The van der Waals surface area contributed by atoms with Gasteiger partial charge in [-0.05, 0) is 37.6 Å². The molecule has 0 bridgehead atoms. The number of ether oxygens (including phenoxy) is 1. The van der Waals surface area contributed by atoms with Gasteiger partial charge in [0.2, 0.25) is 11.6 Å². The fourth-order valence-corrected chi connectivity index (χ4v) is 3.73. The second-order valence-corrected chi connectivity index (χ2v) is 7.52. The molecule has 1 aliphatic rings. The molecule has 1 fully saturated rings. The molecule has 1 aliphatic heterocycles. The fraction of sp³-hybridized carbons (Fsp3) is 0.261. The lowest BCUT2D eigenvalue weighted by Gasteiger charge is -2.23. The number of halogens is 3. The van der Waals surface area contributed by atoms with Crippen molar-refractivity contribution >= 4 is 11.6 Å². The number of rotatable bonds is 5. The largest absolute Gasteiger partial charge is 0.494 e. The minimum Gasteiger partial charge on any atom is -0.494 e. The Bertz CT molecular complexity index is 1250. The van der Waals surface area contributed by atoms with Crippen LogP contribution in [0.2, 0.25) is 0 Å². The highest BCUT2D eigenvalue weighted by Crippen LogP contribution is 2.31. The van der Waals surface area contributed by atoms with Crippen molar-refractivity contribution in [2.24, 2.45) is 0 Å². The van der Waals surface area contributed by atoms with Crippen molar-refractivity contribution in [3.8, 4) is 22.8 Å². The Morgan fingerprint density at radius 2 is 2.06 bits per heavy atom. The minimum absolute atomic E-state index is 0.0290. The smallest absolute Gasteiger partial charge is 0.274 e. The lowest BCUT2D eigenvalue weighted by Crippen LogP contribution is -2.45. The van der Waals surface area contributed by atoms with E-state index in [1.165, 1.54) is 31.4 Å².